The monoisotopic (exact) mass is 278 g/mol. The lowest BCUT2D eigenvalue weighted by Crippen LogP contribution is -2.24. The number of allylic oxidation sites excluding steroid dienone is 4. The summed E-state index contributed by atoms with van der Waals surface area (Å²) in [5, 5.41) is 0. The van der Waals surface area contributed by atoms with Crippen molar-refractivity contribution in [3.05, 3.63) is 36.0 Å². The molecular formula is C17H26O3. The highest BCUT2D eigenvalue weighted by molar-refractivity contribution is 5.97. The average Bonchev–Trinajstić information content (AvgIpc) is 2.35. The Morgan fingerprint density at radius 2 is 1.80 bits per heavy atom. The molecule has 0 heterocycles. The van der Waals surface area contributed by atoms with Gasteiger partial charge in [-0.1, -0.05) is 36.0 Å². The first-order valence-corrected chi connectivity index (χ1v) is 6.95. The van der Waals surface area contributed by atoms with Crippen LogP contribution in [0.5, 0.6) is 0 Å². The Balaban J connectivity index is 4.45. The minimum atomic E-state index is -0.701. The second kappa shape index (κ2) is 10.2. The molecule has 0 aliphatic heterocycles. The Morgan fingerprint density at radius 1 is 1.15 bits per heavy atom. The van der Waals surface area contributed by atoms with Gasteiger partial charge in [0.1, 0.15) is 18.3 Å². The van der Waals surface area contributed by atoms with Crippen LogP contribution >= 0.6 is 0 Å². The van der Waals surface area contributed by atoms with Crippen LogP contribution in [0.2, 0.25) is 0 Å². The van der Waals surface area contributed by atoms with E-state index in [-0.39, 0.29) is 12.4 Å². The summed E-state index contributed by atoms with van der Waals surface area (Å²) < 4.78 is 4.94. The molecule has 0 amide bonds. The third-order valence-corrected chi connectivity index (χ3v) is 2.91. The van der Waals surface area contributed by atoms with Crippen LogP contribution in [0.15, 0.2) is 36.0 Å². The highest BCUT2D eigenvalue weighted by Gasteiger charge is 2.23. The molecule has 0 radical (unpaired) electrons. The number of hydrogen-bond donors (Lipinski definition) is 0. The molecule has 0 aromatic rings. The maximum atomic E-state index is 11.7. The number of rotatable bonds is 9. The van der Waals surface area contributed by atoms with Crippen LogP contribution in [-0.4, -0.2) is 18.4 Å². The van der Waals surface area contributed by atoms with E-state index in [9.17, 15) is 9.59 Å². The number of ketones is 1. The van der Waals surface area contributed by atoms with Crippen molar-refractivity contribution in [3.63, 3.8) is 0 Å². The minimum Gasteiger partial charge on any atom is -0.461 e. The van der Waals surface area contributed by atoms with E-state index in [1.807, 2.05) is 13.0 Å². The zero-order valence-electron chi connectivity index (χ0n) is 13.1. The van der Waals surface area contributed by atoms with Gasteiger partial charge in [-0.25, -0.2) is 0 Å². The first-order valence-electron chi connectivity index (χ1n) is 6.95. The van der Waals surface area contributed by atoms with Crippen molar-refractivity contribution in [3.8, 4) is 0 Å². The van der Waals surface area contributed by atoms with Crippen LogP contribution in [-0.2, 0) is 14.3 Å². The Bertz CT molecular complexity index is 398. The van der Waals surface area contributed by atoms with Crippen molar-refractivity contribution in [2.75, 3.05) is 6.61 Å². The van der Waals surface area contributed by atoms with Crippen LogP contribution < -0.4 is 0 Å². The van der Waals surface area contributed by atoms with Gasteiger partial charge in [0.15, 0.2) is 0 Å². The second-order valence-corrected chi connectivity index (χ2v) is 5.19. The smallest absolute Gasteiger partial charge is 0.317 e. The van der Waals surface area contributed by atoms with Crippen molar-refractivity contribution in [2.24, 2.45) is 5.92 Å². The van der Waals surface area contributed by atoms with Crippen LogP contribution in [0.1, 0.15) is 47.0 Å². The van der Waals surface area contributed by atoms with Crippen LogP contribution in [0.3, 0.4) is 0 Å². The van der Waals surface area contributed by atoms with Crippen molar-refractivity contribution in [2.45, 2.75) is 47.0 Å². The molecule has 3 nitrogen and oxygen atoms in total. The lowest BCUT2D eigenvalue weighted by Gasteiger charge is -2.11. The molecule has 112 valence electrons. The van der Waals surface area contributed by atoms with Gasteiger partial charge < -0.3 is 4.74 Å². The molecule has 0 saturated carbocycles. The number of ether oxygens (including phenoxy) is 1. The van der Waals surface area contributed by atoms with Crippen molar-refractivity contribution in [1.29, 1.82) is 0 Å². The molecule has 0 bridgehead atoms. The predicted molar refractivity (Wildman–Crippen MR) is 82.4 cm³/mol. The van der Waals surface area contributed by atoms with Crippen molar-refractivity contribution in [1.82, 2.24) is 0 Å². The summed E-state index contributed by atoms with van der Waals surface area (Å²) in [4.78, 5) is 23.2. The predicted octanol–water partition coefficient (Wildman–Crippen LogP) is 4.00. The van der Waals surface area contributed by atoms with Crippen molar-refractivity contribution < 1.29 is 14.3 Å². The van der Waals surface area contributed by atoms with Gasteiger partial charge in [-0.3, -0.25) is 9.59 Å². The third kappa shape index (κ3) is 8.46. The number of Topliss-reactive ketones (excluding diaryl/α,β-unsaturated/α-hetero) is 1. The molecule has 20 heavy (non-hydrogen) atoms. The van der Waals surface area contributed by atoms with Gasteiger partial charge in [0.05, 0.1) is 0 Å². The van der Waals surface area contributed by atoms with E-state index >= 15 is 0 Å². The van der Waals surface area contributed by atoms with E-state index in [1.165, 1.54) is 24.1 Å². The van der Waals surface area contributed by atoms with Gasteiger partial charge in [0.25, 0.3) is 0 Å². The molecule has 0 aromatic carbocycles. The molecule has 0 saturated heterocycles. The normalized spacial score (nSPS) is 12.5. The maximum Gasteiger partial charge on any atom is 0.317 e. The standard InChI is InChI=1S/C17H26O3/c1-6-12-20-17(19)16(15(5)18)11-10-14(4)9-7-8-13(2)3/h6,8,10,16H,1,7,9,11-12H2,2-5H3. The van der Waals surface area contributed by atoms with E-state index in [2.05, 4.69) is 26.5 Å². The van der Waals surface area contributed by atoms with Crippen LogP contribution in [0.25, 0.3) is 0 Å². The van der Waals surface area contributed by atoms with Crippen LogP contribution in [0, 0.1) is 5.92 Å². The molecule has 0 aliphatic rings. The topological polar surface area (TPSA) is 43.4 Å². The molecule has 1 unspecified atom stereocenters. The van der Waals surface area contributed by atoms with Gasteiger partial charge in [0, 0.05) is 0 Å². The minimum absolute atomic E-state index is 0.145. The average molecular weight is 278 g/mol. The third-order valence-electron chi connectivity index (χ3n) is 2.91. The zero-order chi connectivity index (χ0) is 15.5. The quantitative estimate of drug-likeness (QED) is 0.364. The number of carbonyl (C=O) groups is 2. The summed E-state index contributed by atoms with van der Waals surface area (Å²) in [5.74, 6) is -1.33. The van der Waals surface area contributed by atoms with Gasteiger partial charge >= 0.3 is 5.97 Å². The Kier molecular flexibility index (Phi) is 9.35. The Hall–Kier alpha value is -1.64. The van der Waals surface area contributed by atoms with Gasteiger partial charge in [-0.2, -0.15) is 0 Å². The fraction of sp³-hybridized carbons (Fsp3) is 0.529. The summed E-state index contributed by atoms with van der Waals surface area (Å²) in [5.41, 5.74) is 2.48. The van der Waals surface area contributed by atoms with E-state index in [1.54, 1.807) is 0 Å². The lowest BCUT2D eigenvalue weighted by atomic mass is 9.98. The highest BCUT2D eigenvalue weighted by atomic mass is 16.5. The first-order chi connectivity index (χ1) is 9.38. The molecule has 0 spiro atoms. The number of esters is 1. The summed E-state index contributed by atoms with van der Waals surface area (Å²) in [6.45, 7) is 11.2. The molecule has 0 aromatic heterocycles. The van der Waals surface area contributed by atoms with Crippen LogP contribution in [0.4, 0.5) is 0 Å². The molecule has 1 atom stereocenters. The van der Waals surface area contributed by atoms with E-state index in [4.69, 9.17) is 4.74 Å². The largest absolute Gasteiger partial charge is 0.461 e. The fourth-order valence-corrected chi connectivity index (χ4v) is 1.68. The Morgan fingerprint density at radius 3 is 2.30 bits per heavy atom. The van der Waals surface area contributed by atoms with E-state index in [0.29, 0.717) is 6.42 Å². The van der Waals surface area contributed by atoms with Gasteiger partial charge in [0.2, 0.25) is 0 Å². The zero-order valence-corrected chi connectivity index (χ0v) is 13.1. The Labute approximate surface area is 122 Å². The summed E-state index contributed by atoms with van der Waals surface area (Å²) in [6.07, 6.45) is 7.97. The van der Waals surface area contributed by atoms with Gasteiger partial charge in [-0.05, 0) is 47.0 Å². The molecule has 0 N–H and O–H groups in total. The van der Waals surface area contributed by atoms with E-state index < -0.39 is 11.9 Å². The fourth-order valence-electron chi connectivity index (χ4n) is 1.68. The number of hydrogen-bond acceptors (Lipinski definition) is 3. The SMILES string of the molecule is C=CCOC(=O)C(CC=C(C)CCC=C(C)C)C(C)=O. The number of carbonyl (C=O) groups excluding carboxylic acids is 2. The molecule has 0 aliphatic carbocycles. The lowest BCUT2D eigenvalue weighted by molar-refractivity contribution is -0.150. The maximum absolute atomic E-state index is 11.7. The van der Waals surface area contributed by atoms with Crippen molar-refractivity contribution >= 4 is 11.8 Å². The second-order valence-electron chi connectivity index (χ2n) is 5.19. The summed E-state index contributed by atoms with van der Waals surface area (Å²) in [6, 6.07) is 0. The molecule has 0 fully saturated rings. The molecular weight excluding hydrogens is 252 g/mol. The van der Waals surface area contributed by atoms with E-state index in [0.717, 1.165) is 12.8 Å². The summed E-state index contributed by atoms with van der Waals surface area (Å²) >= 11 is 0. The summed E-state index contributed by atoms with van der Waals surface area (Å²) in [7, 11) is 0. The highest BCUT2D eigenvalue weighted by Crippen LogP contribution is 2.13. The van der Waals surface area contributed by atoms with Gasteiger partial charge in [-0.15, -0.1) is 0 Å². The molecule has 3 heteroatoms. The first kappa shape index (κ1) is 18.4. The molecule has 0 rings (SSSR count).